The van der Waals surface area contributed by atoms with E-state index in [2.05, 4.69) is 31.3 Å². The largest absolute Gasteiger partial charge is 0.493 e. The highest BCUT2D eigenvalue weighted by Gasteiger charge is 2.13. The molecule has 2 aromatic rings. The quantitative estimate of drug-likeness (QED) is 0.879. The van der Waals surface area contributed by atoms with Crippen molar-refractivity contribution in [2.75, 3.05) is 14.2 Å². The van der Waals surface area contributed by atoms with Crippen LogP contribution in [0, 0.1) is 13.8 Å². The monoisotopic (exact) mass is 327 g/mol. The van der Waals surface area contributed by atoms with E-state index < -0.39 is 0 Å². The summed E-state index contributed by atoms with van der Waals surface area (Å²) in [7, 11) is 3.21. The minimum Gasteiger partial charge on any atom is -0.493 e. The van der Waals surface area contributed by atoms with Gasteiger partial charge in [-0.1, -0.05) is 24.3 Å². The molecule has 4 nitrogen and oxygen atoms in total. The van der Waals surface area contributed by atoms with Gasteiger partial charge in [-0.05, 0) is 55.2 Å². The molecule has 1 atom stereocenters. The van der Waals surface area contributed by atoms with Gasteiger partial charge in [-0.25, -0.2) is 0 Å². The van der Waals surface area contributed by atoms with Gasteiger partial charge in [0.25, 0.3) is 0 Å². The summed E-state index contributed by atoms with van der Waals surface area (Å²) in [5.41, 5.74) is 4.43. The number of benzene rings is 2. The Bertz CT molecular complexity index is 725. The Kier molecular flexibility index (Phi) is 5.85. The smallest absolute Gasteiger partial charge is 0.224 e. The highest BCUT2D eigenvalue weighted by molar-refractivity contribution is 5.79. The molecule has 0 radical (unpaired) electrons. The molecule has 4 heteroatoms. The fourth-order valence-corrected chi connectivity index (χ4v) is 2.60. The molecule has 0 heterocycles. The summed E-state index contributed by atoms with van der Waals surface area (Å²) >= 11 is 0. The van der Waals surface area contributed by atoms with E-state index in [0.717, 1.165) is 11.1 Å². The molecule has 0 spiro atoms. The van der Waals surface area contributed by atoms with E-state index >= 15 is 0 Å². The van der Waals surface area contributed by atoms with Crippen LogP contribution in [0.5, 0.6) is 11.5 Å². The second-order valence-electron chi connectivity index (χ2n) is 6.00. The van der Waals surface area contributed by atoms with Crippen LogP contribution in [0.2, 0.25) is 0 Å². The molecule has 0 fully saturated rings. The molecule has 24 heavy (non-hydrogen) atoms. The Hall–Kier alpha value is -2.49. The van der Waals surface area contributed by atoms with Crippen LogP contribution in [0.25, 0.3) is 0 Å². The van der Waals surface area contributed by atoms with E-state index in [1.165, 1.54) is 11.1 Å². The normalized spacial score (nSPS) is 11.7. The molecule has 0 aliphatic rings. The first-order chi connectivity index (χ1) is 11.4. The number of methoxy groups -OCH3 is 2. The molecule has 1 N–H and O–H groups in total. The lowest BCUT2D eigenvalue weighted by Gasteiger charge is -2.17. The Morgan fingerprint density at radius 3 is 2.33 bits per heavy atom. The lowest BCUT2D eigenvalue weighted by Crippen LogP contribution is -2.28. The highest BCUT2D eigenvalue weighted by Crippen LogP contribution is 2.29. The lowest BCUT2D eigenvalue weighted by molar-refractivity contribution is -0.121. The zero-order chi connectivity index (χ0) is 17.7. The molecular weight excluding hydrogens is 302 g/mol. The average molecular weight is 327 g/mol. The number of amides is 1. The van der Waals surface area contributed by atoms with Crippen molar-refractivity contribution in [1.82, 2.24) is 5.32 Å². The third kappa shape index (κ3) is 4.28. The van der Waals surface area contributed by atoms with Gasteiger partial charge in [0.1, 0.15) is 0 Å². The zero-order valence-corrected chi connectivity index (χ0v) is 15.0. The first-order valence-corrected chi connectivity index (χ1v) is 8.02. The fourth-order valence-electron chi connectivity index (χ4n) is 2.60. The van der Waals surface area contributed by atoms with E-state index in [4.69, 9.17) is 9.47 Å². The topological polar surface area (TPSA) is 47.6 Å². The molecule has 1 amide bonds. The molecular formula is C20H25NO3. The van der Waals surface area contributed by atoms with Crippen LogP contribution in [0.3, 0.4) is 0 Å². The Labute approximate surface area is 143 Å². The number of hydrogen-bond donors (Lipinski definition) is 1. The number of aryl methyl sites for hydroxylation is 2. The van der Waals surface area contributed by atoms with E-state index in [-0.39, 0.29) is 11.9 Å². The molecule has 0 aliphatic carbocycles. The first-order valence-electron chi connectivity index (χ1n) is 8.02. The van der Waals surface area contributed by atoms with Crippen LogP contribution in [-0.2, 0) is 11.2 Å². The summed E-state index contributed by atoms with van der Waals surface area (Å²) in [4.78, 5) is 12.3. The average Bonchev–Trinajstić information content (AvgIpc) is 2.57. The number of rotatable bonds is 6. The molecule has 0 saturated heterocycles. The van der Waals surface area contributed by atoms with Gasteiger partial charge in [0.05, 0.1) is 26.7 Å². The van der Waals surface area contributed by atoms with Crippen molar-refractivity contribution in [3.63, 3.8) is 0 Å². The predicted octanol–water partition coefficient (Wildman–Crippen LogP) is 3.74. The van der Waals surface area contributed by atoms with Crippen molar-refractivity contribution >= 4 is 5.91 Å². The Morgan fingerprint density at radius 2 is 1.71 bits per heavy atom. The minimum absolute atomic E-state index is 0.000498. The lowest BCUT2D eigenvalue weighted by atomic mass is 10.0. The Morgan fingerprint density at radius 1 is 1.00 bits per heavy atom. The summed E-state index contributed by atoms with van der Waals surface area (Å²) in [5, 5.41) is 3.03. The van der Waals surface area contributed by atoms with Crippen LogP contribution >= 0.6 is 0 Å². The number of hydrogen-bond acceptors (Lipinski definition) is 3. The van der Waals surface area contributed by atoms with Gasteiger partial charge in [0, 0.05) is 0 Å². The van der Waals surface area contributed by atoms with E-state index in [9.17, 15) is 4.79 Å². The van der Waals surface area contributed by atoms with E-state index in [0.29, 0.717) is 17.9 Å². The summed E-state index contributed by atoms with van der Waals surface area (Å²) in [5.74, 6) is 1.33. The van der Waals surface area contributed by atoms with Gasteiger partial charge in [-0.15, -0.1) is 0 Å². The van der Waals surface area contributed by atoms with Gasteiger partial charge in [-0.3, -0.25) is 4.79 Å². The van der Waals surface area contributed by atoms with Crippen molar-refractivity contribution in [2.24, 2.45) is 0 Å². The second-order valence-corrected chi connectivity index (χ2v) is 6.00. The van der Waals surface area contributed by atoms with Gasteiger partial charge in [0.2, 0.25) is 5.91 Å². The number of ether oxygens (including phenoxy) is 2. The standard InChI is InChI=1S/C20H25NO3/c1-13-6-7-16(10-14(13)2)11-20(22)21-15(3)17-8-9-18(23-4)19(12-17)24-5/h6-10,12,15H,11H2,1-5H3,(H,21,22). The van der Waals surface area contributed by atoms with E-state index in [1.54, 1.807) is 14.2 Å². The number of carbonyl (C=O) groups is 1. The van der Waals surface area contributed by atoms with Gasteiger partial charge >= 0.3 is 0 Å². The fraction of sp³-hybridized carbons (Fsp3) is 0.350. The van der Waals surface area contributed by atoms with Gasteiger partial charge < -0.3 is 14.8 Å². The second kappa shape index (κ2) is 7.86. The molecule has 0 bridgehead atoms. The summed E-state index contributed by atoms with van der Waals surface area (Å²) in [6.07, 6.45) is 0.374. The van der Waals surface area contributed by atoms with Crippen LogP contribution in [0.4, 0.5) is 0 Å². The summed E-state index contributed by atoms with van der Waals surface area (Å²) in [6.45, 7) is 6.08. The number of nitrogens with one attached hydrogen (secondary N) is 1. The van der Waals surface area contributed by atoms with Crippen LogP contribution in [-0.4, -0.2) is 20.1 Å². The van der Waals surface area contributed by atoms with Crippen LogP contribution in [0.15, 0.2) is 36.4 Å². The minimum atomic E-state index is -0.108. The first kappa shape index (κ1) is 17.9. The van der Waals surface area contributed by atoms with Crippen LogP contribution < -0.4 is 14.8 Å². The Balaban J connectivity index is 2.04. The van der Waals surface area contributed by atoms with Crippen molar-refractivity contribution in [2.45, 2.75) is 33.2 Å². The van der Waals surface area contributed by atoms with Crippen molar-refractivity contribution < 1.29 is 14.3 Å². The molecule has 2 aromatic carbocycles. The van der Waals surface area contributed by atoms with E-state index in [1.807, 2.05) is 31.2 Å². The maximum Gasteiger partial charge on any atom is 0.224 e. The molecule has 2 rings (SSSR count). The summed E-state index contributed by atoms with van der Waals surface area (Å²) < 4.78 is 10.6. The van der Waals surface area contributed by atoms with Crippen molar-refractivity contribution in [1.29, 1.82) is 0 Å². The van der Waals surface area contributed by atoms with Crippen molar-refractivity contribution in [3.05, 3.63) is 58.7 Å². The predicted molar refractivity (Wildman–Crippen MR) is 95.7 cm³/mol. The maximum absolute atomic E-state index is 12.3. The number of carbonyl (C=O) groups excluding carboxylic acids is 1. The third-order valence-electron chi connectivity index (χ3n) is 4.22. The highest BCUT2D eigenvalue weighted by atomic mass is 16.5. The molecule has 1 unspecified atom stereocenters. The molecule has 0 saturated carbocycles. The van der Waals surface area contributed by atoms with Crippen molar-refractivity contribution in [3.8, 4) is 11.5 Å². The zero-order valence-electron chi connectivity index (χ0n) is 15.0. The molecule has 0 aromatic heterocycles. The summed E-state index contributed by atoms with van der Waals surface area (Å²) in [6, 6.07) is 11.7. The molecule has 128 valence electrons. The molecule has 0 aliphatic heterocycles. The maximum atomic E-state index is 12.3. The SMILES string of the molecule is COc1ccc(C(C)NC(=O)Cc2ccc(C)c(C)c2)cc1OC. The van der Waals surface area contributed by atoms with Crippen LogP contribution in [0.1, 0.15) is 35.2 Å². The van der Waals surface area contributed by atoms with Gasteiger partial charge in [0.15, 0.2) is 11.5 Å². The third-order valence-corrected chi connectivity index (χ3v) is 4.22. The van der Waals surface area contributed by atoms with Gasteiger partial charge in [-0.2, -0.15) is 0 Å².